The molecule has 2 aliphatic rings. The summed E-state index contributed by atoms with van der Waals surface area (Å²) in [5.74, 6) is 13.5. The van der Waals surface area contributed by atoms with Crippen molar-refractivity contribution in [3.8, 4) is 104 Å². The molecule has 3 N–H and O–H groups in total. The highest BCUT2D eigenvalue weighted by Gasteiger charge is 2.23. The third kappa shape index (κ3) is 26.2. The van der Waals surface area contributed by atoms with Gasteiger partial charge in [-0.15, -0.1) is 0 Å². The lowest BCUT2D eigenvalue weighted by molar-refractivity contribution is 0.371. The van der Waals surface area contributed by atoms with E-state index in [2.05, 4.69) is 149 Å². The first-order valence-electron chi connectivity index (χ1n) is 40.3. The number of nitrogens with one attached hydrogen (secondary N) is 3. The second-order valence-electron chi connectivity index (χ2n) is 27.8. The van der Waals surface area contributed by atoms with Crippen molar-refractivity contribution in [1.82, 2.24) is 89.7 Å². The Morgan fingerprint density at radius 2 is 0.598 bits per heavy atom. The van der Waals surface area contributed by atoms with Crippen LogP contribution in [0.25, 0.3) is 69.1 Å². The van der Waals surface area contributed by atoms with Crippen molar-refractivity contribution in [1.29, 1.82) is 0 Å². The second-order valence-corrected chi connectivity index (χ2v) is 27.8. The van der Waals surface area contributed by atoms with Crippen LogP contribution in [0, 0.1) is 11.8 Å². The van der Waals surface area contributed by atoms with Crippen LogP contribution in [0.4, 0.5) is 34.9 Å². The highest BCUT2D eigenvalue weighted by atomic mass is 16.5. The van der Waals surface area contributed by atoms with Gasteiger partial charge in [0.1, 0.15) is 34.2 Å². The van der Waals surface area contributed by atoms with Gasteiger partial charge < -0.3 is 59.1 Å². The number of methoxy groups -OCH3 is 6. The number of nitrogens with zero attached hydrogens (tertiary/aromatic N) is 21. The van der Waals surface area contributed by atoms with Gasteiger partial charge in [-0.25, -0.2) is 59.8 Å². The fourth-order valence-electron chi connectivity index (χ4n) is 12.4. The minimum absolute atomic E-state index is 0.567. The normalized spacial score (nSPS) is 11.8. The molecule has 122 heavy (non-hydrogen) atoms. The third-order valence-electron chi connectivity index (χ3n) is 19.1. The monoisotopic (exact) mass is 1640 g/mol. The van der Waals surface area contributed by atoms with Crippen LogP contribution in [0.2, 0.25) is 0 Å². The largest absolute Gasteiger partial charge is 0.491 e. The predicted octanol–water partition coefficient (Wildman–Crippen LogP) is 16.3. The van der Waals surface area contributed by atoms with Crippen molar-refractivity contribution in [2.24, 2.45) is 11.8 Å². The quantitative estimate of drug-likeness (QED) is 0.0410. The molecule has 30 nitrogen and oxygen atoms in total. The Morgan fingerprint density at radius 1 is 0.303 bits per heavy atom. The van der Waals surface area contributed by atoms with E-state index in [9.17, 15) is 0 Å². The Bertz CT molecular complexity index is 5400. The summed E-state index contributed by atoms with van der Waals surface area (Å²) in [4.78, 5) is 84.8. The van der Waals surface area contributed by atoms with E-state index >= 15 is 0 Å². The van der Waals surface area contributed by atoms with Crippen molar-refractivity contribution < 1.29 is 28.4 Å². The molecule has 2 fully saturated rings. The van der Waals surface area contributed by atoms with Gasteiger partial charge in [0.15, 0.2) is 104 Å². The van der Waals surface area contributed by atoms with E-state index in [1.54, 1.807) is 117 Å². The molecular formula is C92H104N24O6. The molecule has 0 bridgehead atoms. The number of aromatic nitrogens is 18. The molecule has 12 aromatic heterocycles. The zero-order chi connectivity index (χ0) is 85.5. The Kier molecular flexibility index (Phi) is 34.1. The number of hydrogen-bond acceptors (Lipinski definition) is 30. The van der Waals surface area contributed by atoms with Crippen molar-refractivity contribution in [2.45, 2.75) is 71.9 Å². The molecule has 628 valence electrons. The van der Waals surface area contributed by atoms with Crippen LogP contribution < -0.4 is 59.1 Å². The summed E-state index contributed by atoms with van der Waals surface area (Å²) in [5.41, 5.74) is 6.89. The summed E-state index contributed by atoms with van der Waals surface area (Å²) in [7, 11) is 15.5. The molecule has 30 heteroatoms. The molecule has 0 amide bonds. The zero-order valence-electron chi connectivity index (χ0n) is 70.8. The van der Waals surface area contributed by atoms with Gasteiger partial charge in [0.25, 0.3) is 0 Å². The molecule has 14 aromatic rings. The van der Waals surface area contributed by atoms with E-state index in [4.69, 9.17) is 28.4 Å². The fraction of sp³-hybridized carbons (Fsp3) is 0.283. The number of ether oxygens (including phenoxy) is 6. The topological polar surface area (TPSA) is 333 Å². The van der Waals surface area contributed by atoms with Gasteiger partial charge in [0, 0.05) is 97.6 Å². The number of benzene rings is 2. The molecule has 0 aliphatic heterocycles. The molecule has 12 heterocycles. The first-order chi connectivity index (χ1) is 59.9. The van der Waals surface area contributed by atoms with Crippen LogP contribution in [0.15, 0.2) is 244 Å². The molecule has 2 saturated carbocycles. The minimum atomic E-state index is 0.567. The van der Waals surface area contributed by atoms with Gasteiger partial charge in [-0.05, 0) is 135 Å². The smallest absolute Gasteiger partial charge is 0.180 e. The minimum Gasteiger partial charge on any atom is -0.491 e. The molecule has 0 unspecified atom stereocenters. The number of anilines is 6. The summed E-state index contributed by atoms with van der Waals surface area (Å²) in [6.45, 7) is 9.18. The SMILES string of the molecule is CCN(CC)c1nc(-c2ccccn2)ncc1OC.COc1cnc(-c2ccccn2)nc1N(C)C.COc1cnc(-c2ccccn2)nc1N(C)Cc1ccccc1.COc1cnc(-c2ccccn2)nc1NCC1CC1.COc1cnc(-c2ccccn2)nc1NCC1CCCCC1.COc1cnc(-c2ccccn2)nc1NCc1ccccc1. The van der Waals surface area contributed by atoms with Crippen molar-refractivity contribution in [3.05, 3.63) is 255 Å². The van der Waals surface area contributed by atoms with Crippen LogP contribution >= 0.6 is 0 Å². The van der Waals surface area contributed by atoms with E-state index in [0.29, 0.717) is 81.8 Å². The van der Waals surface area contributed by atoms with Crippen LogP contribution in [-0.4, -0.2) is 180 Å². The zero-order valence-corrected chi connectivity index (χ0v) is 70.8. The molecule has 0 spiro atoms. The first-order valence-corrected chi connectivity index (χ1v) is 40.3. The maximum absolute atomic E-state index is 5.41. The average molecular weight is 1640 g/mol. The highest BCUT2D eigenvalue weighted by molar-refractivity contribution is 5.63. The van der Waals surface area contributed by atoms with E-state index in [0.717, 1.165) is 108 Å². The maximum Gasteiger partial charge on any atom is 0.180 e. The first kappa shape index (κ1) is 88.2. The molecular weight excluding hydrogens is 1540 g/mol. The standard InChI is InChI=1S/C18H18N4O.C17H22N4O.C17H16N4O.C14H16N4O.C14H18N4O.C12H14N4O/c1-22(13-14-8-4-3-5-9-14)18-16(23-2)12-20-17(21-18)15-10-6-7-11-19-15;2*1-22-15-12-20-16(14-9-5-6-10-18-14)21-17(15)19-11-13-7-3-2-4-8-13;1-19-12-9-17-13(11-4-2-3-7-15-11)18-14(12)16-8-10-5-6-10;1-4-18(5-2)14-12(19-3)10-16-13(17-14)11-8-6-7-9-15-11;1-16(2)12-10(17-3)8-14-11(15-12)9-6-4-5-7-13-9/h3-12H,13H2,1-2H3;5-6,9-10,12-13H,2-4,7-8,11H2,1H3,(H,19,20,21);2-10,12H,11H2,1H3,(H,19,20,21);2-4,7,9-10H,5-6,8H2,1H3,(H,16,17,18);6-10H,4-5H2,1-3H3;4-8H,1-3H3. The average Bonchev–Trinajstić information content (AvgIpc) is 1.27. The van der Waals surface area contributed by atoms with E-state index in [1.165, 1.54) is 56.1 Å². The van der Waals surface area contributed by atoms with Gasteiger partial charge in [0.2, 0.25) is 0 Å². The summed E-state index contributed by atoms with van der Waals surface area (Å²) >= 11 is 0. The maximum atomic E-state index is 5.41. The Hall–Kier alpha value is -14.6. The van der Waals surface area contributed by atoms with Gasteiger partial charge in [0.05, 0.1) is 79.8 Å². The summed E-state index contributed by atoms with van der Waals surface area (Å²) in [5, 5.41) is 10.1. The number of rotatable bonds is 28. The van der Waals surface area contributed by atoms with Crippen molar-refractivity contribution >= 4 is 34.9 Å². The molecule has 0 atom stereocenters. The lowest BCUT2D eigenvalue weighted by atomic mass is 9.89. The predicted molar refractivity (Wildman–Crippen MR) is 477 cm³/mol. The fourth-order valence-corrected chi connectivity index (χ4v) is 12.4. The Balaban J connectivity index is 0.000000143. The molecule has 0 radical (unpaired) electrons. The molecule has 2 aliphatic carbocycles. The Morgan fingerprint density at radius 3 is 0.926 bits per heavy atom. The molecule has 16 rings (SSSR count). The van der Waals surface area contributed by atoms with Gasteiger partial charge in [-0.2, -0.15) is 0 Å². The molecule has 2 aromatic carbocycles. The van der Waals surface area contributed by atoms with E-state index in [1.807, 2.05) is 177 Å². The van der Waals surface area contributed by atoms with Gasteiger partial charge in [-0.3, -0.25) is 29.9 Å². The second kappa shape index (κ2) is 47.1. The van der Waals surface area contributed by atoms with Crippen LogP contribution in [-0.2, 0) is 13.1 Å². The van der Waals surface area contributed by atoms with Crippen LogP contribution in [0.1, 0.15) is 69.9 Å². The highest BCUT2D eigenvalue weighted by Crippen LogP contribution is 2.34. The van der Waals surface area contributed by atoms with Gasteiger partial charge in [-0.1, -0.05) is 116 Å². The van der Waals surface area contributed by atoms with Crippen LogP contribution in [0.3, 0.4) is 0 Å². The summed E-state index contributed by atoms with van der Waals surface area (Å²) in [6.07, 6.45) is 29.7. The third-order valence-corrected chi connectivity index (χ3v) is 19.1. The molecule has 0 saturated heterocycles. The summed E-state index contributed by atoms with van der Waals surface area (Å²) < 4.78 is 31.9. The lowest BCUT2D eigenvalue weighted by Gasteiger charge is -2.22. The number of pyridine rings is 6. The van der Waals surface area contributed by atoms with Gasteiger partial charge >= 0.3 is 0 Å². The Labute approximate surface area is 712 Å². The van der Waals surface area contributed by atoms with Crippen molar-refractivity contribution in [2.75, 3.05) is 121 Å². The summed E-state index contributed by atoms with van der Waals surface area (Å²) in [6, 6.07) is 54.5. The number of hydrogen-bond donors (Lipinski definition) is 3. The van der Waals surface area contributed by atoms with Crippen LogP contribution in [0.5, 0.6) is 34.5 Å². The van der Waals surface area contributed by atoms with E-state index in [-0.39, 0.29) is 0 Å². The lowest BCUT2D eigenvalue weighted by Crippen LogP contribution is -2.24. The van der Waals surface area contributed by atoms with Crippen molar-refractivity contribution in [3.63, 3.8) is 0 Å². The van der Waals surface area contributed by atoms with E-state index < -0.39 is 0 Å².